The van der Waals surface area contributed by atoms with Gasteiger partial charge in [0, 0.05) is 37.2 Å². The van der Waals surface area contributed by atoms with E-state index in [1.807, 2.05) is 43.0 Å². The molecule has 0 unspecified atom stereocenters. The number of piperazine rings is 1. The van der Waals surface area contributed by atoms with Gasteiger partial charge in [0.25, 0.3) is 0 Å². The molecule has 0 atom stereocenters. The summed E-state index contributed by atoms with van der Waals surface area (Å²) in [5.74, 6) is 0.228. The van der Waals surface area contributed by atoms with E-state index >= 15 is 0 Å². The van der Waals surface area contributed by atoms with Crippen molar-refractivity contribution in [1.29, 1.82) is 0 Å². The molecule has 1 saturated carbocycles. The van der Waals surface area contributed by atoms with E-state index in [0.717, 1.165) is 37.8 Å². The van der Waals surface area contributed by atoms with E-state index in [1.165, 1.54) is 25.7 Å². The standard InChI is InChI=1S/C19H27ClN2O/c1-19(2,15-7-9-16(20)10-8-15)18(23)22-13-11-21(12-14-22)17-5-3-4-6-17/h7-10,17H,3-6,11-14H2,1-2H3. The van der Waals surface area contributed by atoms with Gasteiger partial charge < -0.3 is 4.90 Å². The number of nitrogens with zero attached hydrogens (tertiary/aromatic N) is 2. The Balaban J connectivity index is 1.62. The van der Waals surface area contributed by atoms with Gasteiger partial charge in [-0.15, -0.1) is 0 Å². The summed E-state index contributed by atoms with van der Waals surface area (Å²) in [5.41, 5.74) is 0.533. The number of hydrogen-bond acceptors (Lipinski definition) is 2. The average molecular weight is 335 g/mol. The van der Waals surface area contributed by atoms with Gasteiger partial charge >= 0.3 is 0 Å². The first-order chi connectivity index (χ1) is 11.0. The van der Waals surface area contributed by atoms with Crippen molar-refractivity contribution >= 4 is 17.5 Å². The Morgan fingerprint density at radius 2 is 1.61 bits per heavy atom. The van der Waals surface area contributed by atoms with E-state index in [4.69, 9.17) is 11.6 Å². The number of benzene rings is 1. The van der Waals surface area contributed by atoms with Crippen molar-refractivity contribution in [2.45, 2.75) is 51.0 Å². The molecule has 3 nitrogen and oxygen atoms in total. The minimum absolute atomic E-state index is 0.228. The zero-order valence-electron chi connectivity index (χ0n) is 14.2. The average Bonchev–Trinajstić information content (AvgIpc) is 3.09. The molecular formula is C19H27ClN2O. The molecule has 1 saturated heterocycles. The summed E-state index contributed by atoms with van der Waals surface area (Å²) in [4.78, 5) is 17.6. The van der Waals surface area contributed by atoms with Gasteiger partial charge in [-0.3, -0.25) is 9.69 Å². The summed E-state index contributed by atoms with van der Waals surface area (Å²) >= 11 is 5.97. The van der Waals surface area contributed by atoms with Crippen molar-refractivity contribution in [3.63, 3.8) is 0 Å². The maximum atomic E-state index is 13.0. The van der Waals surface area contributed by atoms with E-state index < -0.39 is 5.41 Å². The van der Waals surface area contributed by atoms with Gasteiger partial charge in [-0.25, -0.2) is 0 Å². The van der Waals surface area contributed by atoms with Crippen LogP contribution in [0, 0.1) is 0 Å². The van der Waals surface area contributed by atoms with Gasteiger partial charge in [-0.2, -0.15) is 0 Å². The lowest BCUT2D eigenvalue weighted by atomic mass is 9.83. The minimum atomic E-state index is -0.500. The summed E-state index contributed by atoms with van der Waals surface area (Å²) in [6.07, 6.45) is 5.41. The van der Waals surface area contributed by atoms with Crippen LogP contribution in [-0.2, 0) is 10.2 Å². The SMILES string of the molecule is CC(C)(C(=O)N1CCN(C2CCCC2)CC1)c1ccc(Cl)cc1. The molecule has 0 bridgehead atoms. The highest BCUT2D eigenvalue weighted by Crippen LogP contribution is 2.29. The van der Waals surface area contributed by atoms with Crippen LogP contribution in [0.3, 0.4) is 0 Å². The van der Waals surface area contributed by atoms with Crippen molar-refractivity contribution in [3.05, 3.63) is 34.9 Å². The quantitative estimate of drug-likeness (QED) is 0.841. The maximum Gasteiger partial charge on any atom is 0.232 e. The molecule has 1 aliphatic heterocycles. The Bertz CT molecular complexity index is 541. The zero-order valence-corrected chi connectivity index (χ0v) is 15.0. The molecule has 1 aromatic carbocycles. The van der Waals surface area contributed by atoms with Crippen molar-refractivity contribution in [1.82, 2.24) is 9.80 Å². The predicted octanol–water partition coefficient (Wildman–Crippen LogP) is 3.70. The molecule has 1 amide bonds. The molecule has 0 aromatic heterocycles. The summed E-state index contributed by atoms with van der Waals surface area (Å²) in [6, 6.07) is 8.43. The molecule has 2 aliphatic rings. The highest BCUT2D eigenvalue weighted by atomic mass is 35.5. The van der Waals surface area contributed by atoms with Crippen LogP contribution in [0.15, 0.2) is 24.3 Å². The van der Waals surface area contributed by atoms with E-state index in [9.17, 15) is 4.79 Å². The molecule has 0 N–H and O–H groups in total. The van der Waals surface area contributed by atoms with Gasteiger partial charge in [-0.05, 0) is 44.4 Å². The van der Waals surface area contributed by atoms with Crippen LogP contribution in [0.1, 0.15) is 45.1 Å². The van der Waals surface area contributed by atoms with Crippen molar-refractivity contribution < 1.29 is 4.79 Å². The monoisotopic (exact) mass is 334 g/mol. The second-order valence-electron chi connectivity index (χ2n) is 7.40. The van der Waals surface area contributed by atoms with Crippen molar-refractivity contribution in [2.24, 2.45) is 0 Å². The Morgan fingerprint density at radius 1 is 1.04 bits per heavy atom. The first-order valence-corrected chi connectivity index (χ1v) is 9.16. The summed E-state index contributed by atoms with van der Waals surface area (Å²) in [5, 5.41) is 0.710. The van der Waals surface area contributed by atoms with Gasteiger partial charge in [0.15, 0.2) is 0 Å². The highest BCUT2D eigenvalue weighted by molar-refractivity contribution is 6.30. The summed E-state index contributed by atoms with van der Waals surface area (Å²) in [7, 11) is 0. The van der Waals surface area contributed by atoms with Crippen molar-refractivity contribution in [2.75, 3.05) is 26.2 Å². The molecule has 1 heterocycles. The Hall–Kier alpha value is -1.06. The Labute approximate surface area is 144 Å². The summed E-state index contributed by atoms with van der Waals surface area (Å²) < 4.78 is 0. The zero-order chi connectivity index (χ0) is 16.4. The number of carbonyl (C=O) groups excluding carboxylic acids is 1. The lowest BCUT2D eigenvalue weighted by Gasteiger charge is -2.41. The molecule has 1 aliphatic carbocycles. The Kier molecular flexibility index (Phi) is 4.98. The van der Waals surface area contributed by atoms with Crippen LogP contribution in [0.25, 0.3) is 0 Å². The van der Waals surface area contributed by atoms with Crippen LogP contribution < -0.4 is 0 Å². The third kappa shape index (κ3) is 3.56. The smallest absolute Gasteiger partial charge is 0.232 e. The summed E-state index contributed by atoms with van der Waals surface area (Å²) in [6.45, 7) is 7.78. The molecule has 23 heavy (non-hydrogen) atoms. The maximum absolute atomic E-state index is 13.0. The minimum Gasteiger partial charge on any atom is -0.339 e. The van der Waals surface area contributed by atoms with Crippen LogP contribution >= 0.6 is 11.6 Å². The second kappa shape index (κ2) is 6.82. The largest absolute Gasteiger partial charge is 0.339 e. The lowest BCUT2D eigenvalue weighted by Crippen LogP contribution is -2.54. The topological polar surface area (TPSA) is 23.6 Å². The van der Waals surface area contributed by atoms with E-state index in [-0.39, 0.29) is 5.91 Å². The molecule has 4 heteroatoms. The van der Waals surface area contributed by atoms with E-state index in [2.05, 4.69) is 4.90 Å². The van der Waals surface area contributed by atoms with Gasteiger partial charge in [-0.1, -0.05) is 36.6 Å². The molecule has 0 radical (unpaired) electrons. The van der Waals surface area contributed by atoms with Crippen LogP contribution in [-0.4, -0.2) is 47.9 Å². The second-order valence-corrected chi connectivity index (χ2v) is 7.83. The number of amides is 1. The third-order valence-electron chi connectivity index (χ3n) is 5.54. The molecule has 0 spiro atoms. The third-order valence-corrected chi connectivity index (χ3v) is 5.80. The number of carbonyl (C=O) groups is 1. The van der Waals surface area contributed by atoms with Gasteiger partial charge in [0.2, 0.25) is 5.91 Å². The molecule has 126 valence electrons. The fourth-order valence-corrected chi connectivity index (χ4v) is 4.07. The fourth-order valence-electron chi connectivity index (χ4n) is 3.94. The number of hydrogen-bond donors (Lipinski definition) is 0. The van der Waals surface area contributed by atoms with Crippen molar-refractivity contribution in [3.8, 4) is 0 Å². The van der Waals surface area contributed by atoms with Crippen LogP contribution in [0.4, 0.5) is 0 Å². The number of rotatable bonds is 3. The lowest BCUT2D eigenvalue weighted by molar-refractivity contribution is -0.138. The van der Waals surface area contributed by atoms with Gasteiger partial charge in [0.1, 0.15) is 0 Å². The molecule has 1 aromatic rings. The van der Waals surface area contributed by atoms with E-state index in [1.54, 1.807) is 0 Å². The molecular weight excluding hydrogens is 308 g/mol. The van der Waals surface area contributed by atoms with Crippen LogP contribution in [0.2, 0.25) is 5.02 Å². The normalized spacial score (nSPS) is 20.9. The molecule has 3 rings (SSSR count). The van der Waals surface area contributed by atoms with Crippen LogP contribution in [0.5, 0.6) is 0 Å². The predicted molar refractivity (Wildman–Crippen MR) is 94.9 cm³/mol. The fraction of sp³-hybridized carbons (Fsp3) is 0.632. The Morgan fingerprint density at radius 3 is 2.17 bits per heavy atom. The van der Waals surface area contributed by atoms with Gasteiger partial charge in [0.05, 0.1) is 5.41 Å². The number of halogens is 1. The first kappa shape index (κ1) is 16.8. The highest BCUT2D eigenvalue weighted by Gasteiger charge is 2.36. The first-order valence-electron chi connectivity index (χ1n) is 8.78. The van der Waals surface area contributed by atoms with E-state index in [0.29, 0.717) is 5.02 Å². The molecule has 2 fully saturated rings.